The maximum absolute atomic E-state index is 12.9. The molecule has 0 atom stereocenters. The van der Waals surface area contributed by atoms with Crippen LogP contribution in [0.3, 0.4) is 0 Å². The van der Waals surface area contributed by atoms with Crippen LogP contribution in [0, 0.1) is 11.6 Å². The summed E-state index contributed by atoms with van der Waals surface area (Å²) in [5.41, 5.74) is 0.667. The fraction of sp³-hybridized carbons (Fsp3) is 0.133. The Labute approximate surface area is 115 Å². The van der Waals surface area contributed by atoms with E-state index in [1.165, 1.54) is 36.4 Å². The Hall–Kier alpha value is -2.43. The molecular weight excluding hydrogens is 264 g/mol. The van der Waals surface area contributed by atoms with Crippen LogP contribution in [-0.4, -0.2) is 12.5 Å². The van der Waals surface area contributed by atoms with Gasteiger partial charge in [-0.05, 0) is 42.0 Å². The molecule has 0 saturated carbocycles. The second kappa shape index (κ2) is 6.65. The SMILES string of the molecule is O=C(COc1ccc(F)cc1)NCc1cccc(F)c1. The van der Waals surface area contributed by atoms with Crippen molar-refractivity contribution < 1.29 is 18.3 Å². The minimum atomic E-state index is -0.368. The van der Waals surface area contributed by atoms with Crippen LogP contribution in [-0.2, 0) is 11.3 Å². The predicted octanol–water partition coefficient (Wildman–Crippen LogP) is 2.66. The van der Waals surface area contributed by atoms with E-state index in [1.807, 2.05) is 0 Å². The Bertz CT molecular complexity index is 585. The molecule has 0 unspecified atom stereocenters. The van der Waals surface area contributed by atoms with E-state index in [4.69, 9.17) is 4.74 Å². The normalized spacial score (nSPS) is 10.1. The monoisotopic (exact) mass is 277 g/mol. The quantitative estimate of drug-likeness (QED) is 0.912. The summed E-state index contributed by atoms with van der Waals surface area (Å²) in [5.74, 6) is -0.641. The number of amides is 1. The Kier molecular flexibility index (Phi) is 4.65. The highest BCUT2D eigenvalue weighted by Gasteiger charge is 2.03. The molecule has 1 amide bonds. The average Bonchev–Trinajstić information content (AvgIpc) is 2.45. The lowest BCUT2D eigenvalue weighted by molar-refractivity contribution is -0.123. The number of carbonyl (C=O) groups excluding carboxylic acids is 1. The molecule has 0 aliphatic rings. The first-order valence-corrected chi connectivity index (χ1v) is 6.03. The van der Waals surface area contributed by atoms with Crippen molar-refractivity contribution in [1.82, 2.24) is 5.32 Å². The van der Waals surface area contributed by atoms with Crippen molar-refractivity contribution in [2.45, 2.75) is 6.54 Å². The Morgan fingerprint density at radius 1 is 1.05 bits per heavy atom. The van der Waals surface area contributed by atoms with Crippen LogP contribution in [0.2, 0.25) is 0 Å². The molecule has 104 valence electrons. The molecule has 0 radical (unpaired) electrons. The van der Waals surface area contributed by atoms with E-state index in [2.05, 4.69) is 5.32 Å². The number of hydrogen-bond donors (Lipinski definition) is 1. The highest BCUT2D eigenvalue weighted by atomic mass is 19.1. The summed E-state index contributed by atoms with van der Waals surface area (Å²) < 4.78 is 30.8. The molecule has 2 aromatic rings. The van der Waals surface area contributed by atoms with Crippen LogP contribution in [0.1, 0.15) is 5.56 Å². The summed E-state index contributed by atoms with van der Waals surface area (Å²) in [7, 11) is 0. The second-order valence-corrected chi connectivity index (χ2v) is 4.15. The van der Waals surface area contributed by atoms with E-state index in [9.17, 15) is 13.6 Å². The molecule has 5 heteroatoms. The van der Waals surface area contributed by atoms with Crippen molar-refractivity contribution in [2.75, 3.05) is 6.61 Å². The first-order chi connectivity index (χ1) is 9.63. The van der Waals surface area contributed by atoms with Crippen LogP contribution in [0.25, 0.3) is 0 Å². The molecule has 0 aliphatic carbocycles. The lowest BCUT2D eigenvalue weighted by Crippen LogP contribution is -2.28. The van der Waals surface area contributed by atoms with Crippen LogP contribution in [0.5, 0.6) is 5.75 Å². The molecule has 0 aromatic heterocycles. The van der Waals surface area contributed by atoms with Gasteiger partial charge in [-0.2, -0.15) is 0 Å². The van der Waals surface area contributed by atoms with Crippen molar-refractivity contribution in [3.63, 3.8) is 0 Å². The van der Waals surface area contributed by atoms with Gasteiger partial charge in [-0.25, -0.2) is 8.78 Å². The number of nitrogens with one attached hydrogen (secondary N) is 1. The summed E-state index contributed by atoms with van der Waals surface area (Å²) in [4.78, 5) is 11.5. The van der Waals surface area contributed by atoms with Gasteiger partial charge in [0.15, 0.2) is 6.61 Å². The maximum Gasteiger partial charge on any atom is 0.258 e. The van der Waals surface area contributed by atoms with Crippen molar-refractivity contribution >= 4 is 5.91 Å². The molecule has 0 fully saturated rings. The number of carbonyl (C=O) groups is 1. The zero-order valence-electron chi connectivity index (χ0n) is 10.6. The molecule has 0 bridgehead atoms. The van der Waals surface area contributed by atoms with Gasteiger partial charge in [-0.1, -0.05) is 12.1 Å². The molecule has 0 aliphatic heterocycles. The molecule has 0 saturated heterocycles. The summed E-state index contributed by atoms with van der Waals surface area (Å²) in [6.45, 7) is 0.0460. The Balaban J connectivity index is 1.77. The lowest BCUT2D eigenvalue weighted by Gasteiger charge is -2.07. The predicted molar refractivity (Wildman–Crippen MR) is 70.1 cm³/mol. The number of ether oxygens (including phenoxy) is 1. The van der Waals surface area contributed by atoms with Crippen molar-refractivity contribution in [2.24, 2.45) is 0 Å². The van der Waals surface area contributed by atoms with E-state index >= 15 is 0 Å². The summed E-state index contributed by atoms with van der Waals surface area (Å²) in [5, 5.41) is 2.60. The zero-order chi connectivity index (χ0) is 14.4. The molecule has 1 N–H and O–H groups in total. The molecule has 2 rings (SSSR count). The minimum absolute atomic E-state index is 0.180. The third kappa shape index (κ3) is 4.35. The van der Waals surface area contributed by atoms with Crippen LogP contribution in [0.4, 0.5) is 8.78 Å². The first kappa shape index (κ1) is 14.0. The summed E-state index contributed by atoms with van der Waals surface area (Å²) in [6.07, 6.45) is 0. The van der Waals surface area contributed by atoms with E-state index in [-0.39, 0.29) is 30.7 Å². The molecule has 3 nitrogen and oxygen atoms in total. The molecular formula is C15H13F2NO2. The van der Waals surface area contributed by atoms with Gasteiger partial charge in [-0.3, -0.25) is 4.79 Å². The number of rotatable bonds is 5. The van der Waals surface area contributed by atoms with Gasteiger partial charge in [0, 0.05) is 6.54 Å². The largest absolute Gasteiger partial charge is 0.484 e. The van der Waals surface area contributed by atoms with Gasteiger partial charge in [0.25, 0.3) is 5.91 Å². The van der Waals surface area contributed by atoms with Gasteiger partial charge in [0.1, 0.15) is 17.4 Å². The number of halogens is 2. The van der Waals surface area contributed by atoms with Crippen molar-refractivity contribution in [1.29, 1.82) is 0 Å². The number of benzene rings is 2. The van der Waals surface area contributed by atoms with Crippen LogP contribution < -0.4 is 10.1 Å². The van der Waals surface area contributed by atoms with Gasteiger partial charge in [-0.15, -0.1) is 0 Å². The average molecular weight is 277 g/mol. The van der Waals surface area contributed by atoms with Gasteiger partial charge >= 0.3 is 0 Å². The fourth-order valence-electron chi connectivity index (χ4n) is 1.58. The van der Waals surface area contributed by atoms with E-state index < -0.39 is 0 Å². The van der Waals surface area contributed by atoms with Crippen molar-refractivity contribution in [3.05, 3.63) is 65.7 Å². The highest BCUT2D eigenvalue weighted by molar-refractivity contribution is 5.77. The topological polar surface area (TPSA) is 38.3 Å². The number of hydrogen-bond acceptors (Lipinski definition) is 2. The summed E-state index contributed by atoms with van der Waals surface area (Å²) in [6, 6.07) is 11.4. The standard InChI is InChI=1S/C15H13F2NO2/c16-12-4-6-14(7-5-12)20-10-15(19)18-9-11-2-1-3-13(17)8-11/h1-8H,9-10H2,(H,18,19). The fourth-order valence-corrected chi connectivity index (χ4v) is 1.58. The highest BCUT2D eigenvalue weighted by Crippen LogP contribution is 2.10. The van der Waals surface area contributed by atoms with Crippen LogP contribution in [0.15, 0.2) is 48.5 Å². The molecule has 2 aromatic carbocycles. The van der Waals surface area contributed by atoms with Gasteiger partial charge in [0.2, 0.25) is 0 Å². The lowest BCUT2D eigenvalue weighted by atomic mass is 10.2. The van der Waals surface area contributed by atoms with Gasteiger partial charge < -0.3 is 10.1 Å². The third-order valence-corrected chi connectivity index (χ3v) is 2.56. The van der Waals surface area contributed by atoms with Gasteiger partial charge in [0.05, 0.1) is 0 Å². The smallest absolute Gasteiger partial charge is 0.258 e. The van der Waals surface area contributed by atoms with Crippen LogP contribution >= 0.6 is 0 Å². The first-order valence-electron chi connectivity index (χ1n) is 6.03. The van der Waals surface area contributed by atoms with E-state index in [1.54, 1.807) is 12.1 Å². The molecule has 20 heavy (non-hydrogen) atoms. The second-order valence-electron chi connectivity index (χ2n) is 4.15. The zero-order valence-corrected chi connectivity index (χ0v) is 10.6. The molecule has 0 spiro atoms. The van der Waals surface area contributed by atoms with Crippen molar-refractivity contribution in [3.8, 4) is 5.75 Å². The molecule has 0 heterocycles. The minimum Gasteiger partial charge on any atom is -0.484 e. The van der Waals surface area contributed by atoms with E-state index in [0.29, 0.717) is 11.3 Å². The Morgan fingerprint density at radius 3 is 2.50 bits per heavy atom. The maximum atomic E-state index is 12.9. The Morgan fingerprint density at radius 2 is 1.80 bits per heavy atom. The van der Waals surface area contributed by atoms with E-state index in [0.717, 1.165) is 0 Å². The third-order valence-electron chi connectivity index (χ3n) is 2.56. The summed E-state index contributed by atoms with van der Waals surface area (Å²) >= 11 is 0.